The standard InChI is InChI=1S/C21H20O2S/c1-22-19-13-6-4-9-15(19)17-11-8-12-18(21(17)24-3)16-10-5-7-14-20(16)23-2/h4-14H,1-3H3. The van der Waals surface area contributed by atoms with Crippen LogP contribution in [0.2, 0.25) is 0 Å². The summed E-state index contributed by atoms with van der Waals surface area (Å²) < 4.78 is 11.1. The summed E-state index contributed by atoms with van der Waals surface area (Å²) in [7, 11) is 3.42. The van der Waals surface area contributed by atoms with Crippen molar-refractivity contribution in [2.24, 2.45) is 0 Å². The lowest BCUT2D eigenvalue weighted by atomic mass is 9.97. The van der Waals surface area contributed by atoms with Gasteiger partial charge in [-0.25, -0.2) is 0 Å². The minimum Gasteiger partial charge on any atom is -0.496 e. The van der Waals surface area contributed by atoms with Crippen molar-refractivity contribution >= 4 is 11.8 Å². The third-order valence-corrected chi connectivity index (χ3v) is 4.86. The molecule has 0 radical (unpaired) electrons. The molecule has 0 amide bonds. The predicted octanol–water partition coefficient (Wildman–Crippen LogP) is 5.76. The van der Waals surface area contributed by atoms with Crippen LogP contribution >= 0.6 is 11.8 Å². The highest BCUT2D eigenvalue weighted by Gasteiger charge is 2.16. The first kappa shape index (κ1) is 16.5. The quantitative estimate of drug-likeness (QED) is 0.552. The van der Waals surface area contributed by atoms with Gasteiger partial charge in [0.25, 0.3) is 0 Å². The van der Waals surface area contributed by atoms with Crippen molar-refractivity contribution in [2.45, 2.75) is 4.90 Å². The van der Waals surface area contributed by atoms with E-state index in [1.807, 2.05) is 36.4 Å². The van der Waals surface area contributed by atoms with E-state index in [-0.39, 0.29) is 0 Å². The third kappa shape index (κ3) is 3.00. The van der Waals surface area contributed by atoms with E-state index in [1.54, 1.807) is 26.0 Å². The molecule has 0 aliphatic heterocycles. The average Bonchev–Trinajstić information content (AvgIpc) is 2.67. The van der Waals surface area contributed by atoms with Gasteiger partial charge in [-0.15, -0.1) is 11.8 Å². The Morgan fingerprint density at radius 2 is 1.00 bits per heavy atom. The molecule has 0 aliphatic carbocycles. The van der Waals surface area contributed by atoms with Crippen LogP contribution in [0.15, 0.2) is 71.6 Å². The number of methoxy groups -OCH3 is 2. The second-order valence-electron chi connectivity index (χ2n) is 5.29. The predicted molar refractivity (Wildman–Crippen MR) is 102 cm³/mol. The van der Waals surface area contributed by atoms with Crippen molar-refractivity contribution in [1.29, 1.82) is 0 Å². The highest BCUT2D eigenvalue weighted by Crippen LogP contribution is 2.43. The Morgan fingerprint density at radius 3 is 1.42 bits per heavy atom. The Kier molecular flexibility index (Phi) is 5.11. The first-order chi connectivity index (χ1) is 11.8. The van der Waals surface area contributed by atoms with Crippen molar-refractivity contribution in [2.75, 3.05) is 20.5 Å². The number of benzene rings is 3. The number of ether oxygens (including phenoxy) is 2. The van der Waals surface area contributed by atoms with Crippen LogP contribution in [0, 0.1) is 0 Å². The maximum absolute atomic E-state index is 5.56. The fraction of sp³-hybridized carbons (Fsp3) is 0.143. The summed E-state index contributed by atoms with van der Waals surface area (Å²) in [5.41, 5.74) is 4.54. The van der Waals surface area contributed by atoms with E-state index in [2.05, 4.69) is 36.6 Å². The molecule has 0 spiro atoms. The lowest BCUT2D eigenvalue weighted by Gasteiger charge is -2.17. The molecule has 0 saturated heterocycles. The van der Waals surface area contributed by atoms with E-state index in [4.69, 9.17) is 9.47 Å². The van der Waals surface area contributed by atoms with Crippen LogP contribution in [-0.4, -0.2) is 20.5 Å². The molecule has 0 unspecified atom stereocenters. The summed E-state index contributed by atoms with van der Waals surface area (Å²) in [6.45, 7) is 0. The Morgan fingerprint density at radius 1 is 0.583 bits per heavy atom. The maximum Gasteiger partial charge on any atom is 0.126 e. The summed E-state index contributed by atoms with van der Waals surface area (Å²) in [6.07, 6.45) is 2.10. The first-order valence-electron chi connectivity index (χ1n) is 7.74. The van der Waals surface area contributed by atoms with Gasteiger partial charge in [0.1, 0.15) is 11.5 Å². The Hall–Kier alpha value is -2.39. The smallest absolute Gasteiger partial charge is 0.126 e. The van der Waals surface area contributed by atoms with E-state index in [9.17, 15) is 0 Å². The number of rotatable bonds is 5. The second-order valence-corrected chi connectivity index (χ2v) is 6.10. The Bertz CT molecular complexity index is 777. The normalized spacial score (nSPS) is 10.5. The molecular weight excluding hydrogens is 316 g/mol. The van der Waals surface area contributed by atoms with Crippen LogP contribution < -0.4 is 9.47 Å². The van der Waals surface area contributed by atoms with Gasteiger partial charge in [-0.2, -0.15) is 0 Å². The van der Waals surface area contributed by atoms with Crippen LogP contribution in [0.3, 0.4) is 0 Å². The molecule has 0 N–H and O–H groups in total. The van der Waals surface area contributed by atoms with Gasteiger partial charge in [-0.05, 0) is 29.5 Å². The van der Waals surface area contributed by atoms with Crippen molar-refractivity contribution in [1.82, 2.24) is 0 Å². The molecule has 0 fully saturated rings. The molecule has 3 aromatic rings. The summed E-state index contributed by atoms with van der Waals surface area (Å²) in [6, 6.07) is 22.6. The fourth-order valence-electron chi connectivity index (χ4n) is 2.92. The topological polar surface area (TPSA) is 18.5 Å². The Labute approximate surface area is 147 Å². The first-order valence-corrected chi connectivity index (χ1v) is 8.96. The van der Waals surface area contributed by atoms with Crippen LogP contribution in [-0.2, 0) is 0 Å². The average molecular weight is 336 g/mol. The molecule has 0 aromatic heterocycles. The van der Waals surface area contributed by atoms with Crippen LogP contribution in [0.1, 0.15) is 0 Å². The second kappa shape index (κ2) is 7.45. The minimum absolute atomic E-state index is 0.880. The minimum atomic E-state index is 0.880. The number of hydrogen-bond acceptors (Lipinski definition) is 3. The summed E-state index contributed by atoms with van der Waals surface area (Å²) in [5, 5.41) is 0. The molecule has 0 atom stereocenters. The highest BCUT2D eigenvalue weighted by atomic mass is 32.2. The lowest BCUT2D eigenvalue weighted by molar-refractivity contribution is 0.416. The van der Waals surface area contributed by atoms with Gasteiger partial charge in [-0.1, -0.05) is 54.6 Å². The largest absolute Gasteiger partial charge is 0.496 e. The zero-order chi connectivity index (χ0) is 16.9. The fourth-order valence-corrected chi connectivity index (χ4v) is 3.71. The molecule has 122 valence electrons. The van der Waals surface area contributed by atoms with Crippen LogP contribution in [0.4, 0.5) is 0 Å². The molecule has 3 aromatic carbocycles. The van der Waals surface area contributed by atoms with Gasteiger partial charge < -0.3 is 9.47 Å². The zero-order valence-electron chi connectivity index (χ0n) is 14.1. The van der Waals surface area contributed by atoms with E-state index in [0.29, 0.717) is 0 Å². The number of para-hydroxylation sites is 2. The molecular formula is C21H20O2S. The van der Waals surface area contributed by atoms with Crippen LogP contribution in [0.25, 0.3) is 22.3 Å². The summed E-state index contributed by atoms with van der Waals surface area (Å²) >= 11 is 1.74. The molecule has 2 nitrogen and oxygen atoms in total. The third-order valence-electron chi connectivity index (χ3n) is 4.01. The van der Waals surface area contributed by atoms with E-state index >= 15 is 0 Å². The zero-order valence-corrected chi connectivity index (χ0v) is 14.9. The maximum atomic E-state index is 5.56. The van der Waals surface area contributed by atoms with E-state index < -0.39 is 0 Å². The monoisotopic (exact) mass is 336 g/mol. The van der Waals surface area contributed by atoms with Gasteiger partial charge >= 0.3 is 0 Å². The lowest BCUT2D eigenvalue weighted by Crippen LogP contribution is -1.93. The van der Waals surface area contributed by atoms with E-state index in [1.165, 1.54) is 16.0 Å². The number of thioether (sulfide) groups is 1. The molecule has 3 rings (SSSR count). The molecule has 0 heterocycles. The molecule has 24 heavy (non-hydrogen) atoms. The van der Waals surface area contributed by atoms with Gasteiger partial charge in [-0.3, -0.25) is 0 Å². The summed E-state index contributed by atoms with van der Waals surface area (Å²) in [4.78, 5) is 1.21. The van der Waals surface area contributed by atoms with E-state index in [0.717, 1.165) is 22.6 Å². The van der Waals surface area contributed by atoms with Crippen molar-refractivity contribution < 1.29 is 9.47 Å². The van der Waals surface area contributed by atoms with Gasteiger partial charge in [0.05, 0.1) is 14.2 Å². The molecule has 0 aliphatic rings. The van der Waals surface area contributed by atoms with Gasteiger partial charge in [0.2, 0.25) is 0 Å². The van der Waals surface area contributed by atoms with Crippen molar-refractivity contribution in [3.63, 3.8) is 0 Å². The van der Waals surface area contributed by atoms with Gasteiger partial charge in [0, 0.05) is 16.0 Å². The Balaban J connectivity index is 2.24. The summed E-state index contributed by atoms with van der Waals surface area (Å²) in [5.74, 6) is 1.76. The van der Waals surface area contributed by atoms with Crippen molar-refractivity contribution in [3.8, 4) is 33.8 Å². The molecule has 0 bridgehead atoms. The molecule has 0 saturated carbocycles. The highest BCUT2D eigenvalue weighted by molar-refractivity contribution is 7.98. The van der Waals surface area contributed by atoms with Gasteiger partial charge in [0.15, 0.2) is 0 Å². The number of hydrogen-bond donors (Lipinski definition) is 0. The molecule has 3 heteroatoms. The van der Waals surface area contributed by atoms with Crippen molar-refractivity contribution in [3.05, 3.63) is 66.7 Å². The SMILES string of the molecule is COc1ccccc1-c1cccc(-c2ccccc2OC)c1SC. The van der Waals surface area contributed by atoms with Crippen LogP contribution in [0.5, 0.6) is 11.5 Å².